The van der Waals surface area contributed by atoms with Gasteiger partial charge in [-0.3, -0.25) is 9.35 Å². The van der Waals surface area contributed by atoms with Crippen LogP contribution in [0.15, 0.2) is 47.4 Å². The van der Waals surface area contributed by atoms with Gasteiger partial charge in [-0.1, -0.05) is 18.2 Å². The highest BCUT2D eigenvalue weighted by atomic mass is 32.2. The minimum Gasteiger partial charge on any atom is -0.398 e. The van der Waals surface area contributed by atoms with Gasteiger partial charge in [0.2, 0.25) is 0 Å². The van der Waals surface area contributed by atoms with E-state index in [2.05, 4.69) is 5.32 Å². The van der Waals surface area contributed by atoms with Gasteiger partial charge in [-0.2, -0.15) is 8.42 Å². The fourth-order valence-electron chi connectivity index (χ4n) is 1.84. The molecule has 0 unspecified atom stereocenters. The number of hydrogen-bond acceptors (Lipinski definition) is 4. The molecule has 0 saturated carbocycles. The van der Waals surface area contributed by atoms with Crippen molar-refractivity contribution in [3.05, 3.63) is 53.6 Å². The molecule has 0 heterocycles. The number of hydrogen-bond donors (Lipinski definition) is 3. The molecule has 6 nitrogen and oxygen atoms in total. The molecule has 7 heteroatoms. The van der Waals surface area contributed by atoms with Crippen LogP contribution in [-0.2, 0) is 10.1 Å². The Balaban J connectivity index is 2.38. The molecule has 21 heavy (non-hydrogen) atoms. The number of nitrogens with one attached hydrogen (secondary N) is 1. The monoisotopic (exact) mass is 306 g/mol. The van der Waals surface area contributed by atoms with E-state index < -0.39 is 16.0 Å². The zero-order valence-corrected chi connectivity index (χ0v) is 12.0. The third kappa shape index (κ3) is 3.39. The minimum atomic E-state index is -4.41. The molecule has 4 N–H and O–H groups in total. The Bertz CT molecular complexity index is 786. The second-order valence-electron chi connectivity index (χ2n) is 4.48. The summed E-state index contributed by atoms with van der Waals surface area (Å²) in [4.78, 5) is 11.7. The Morgan fingerprint density at radius 1 is 1.19 bits per heavy atom. The van der Waals surface area contributed by atoms with Crippen LogP contribution in [0.4, 0.5) is 11.4 Å². The summed E-state index contributed by atoms with van der Waals surface area (Å²) in [7, 11) is -4.41. The van der Waals surface area contributed by atoms with Crippen molar-refractivity contribution in [1.29, 1.82) is 0 Å². The van der Waals surface area contributed by atoms with Gasteiger partial charge in [0.15, 0.2) is 0 Å². The molecule has 0 bridgehead atoms. The molecule has 0 aliphatic rings. The van der Waals surface area contributed by atoms with Gasteiger partial charge in [-0.15, -0.1) is 0 Å². The number of carbonyl (C=O) groups excluding carboxylic acids is 1. The van der Waals surface area contributed by atoms with Crippen LogP contribution in [0.1, 0.15) is 15.9 Å². The zero-order valence-electron chi connectivity index (χ0n) is 11.2. The normalized spacial score (nSPS) is 11.1. The predicted octanol–water partition coefficient (Wildman–Crippen LogP) is 2.08. The fourth-order valence-corrected chi connectivity index (χ4v) is 2.62. The lowest BCUT2D eigenvalue weighted by atomic mass is 10.1. The number of nitrogen functional groups attached to an aromatic ring is 1. The summed E-state index contributed by atoms with van der Waals surface area (Å²) < 4.78 is 31.8. The predicted molar refractivity (Wildman–Crippen MR) is 79.8 cm³/mol. The van der Waals surface area contributed by atoms with Crippen LogP contribution in [0.5, 0.6) is 0 Å². The van der Waals surface area contributed by atoms with Crippen LogP contribution in [0.2, 0.25) is 0 Å². The van der Waals surface area contributed by atoms with Gasteiger partial charge >= 0.3 is 0 Å². The van der Waals surface area contributed by atoms with Crippen LogP contribution in [0.25, 0.3) is 0 Å². The van der Waals surface area contributed by atoms with E-state index in [9.17, 15) is 17.8 Å². The topological polar surface area (TPSA) is 109 Å². The molecule has 0 spiro atoms. The van der Waals surface area contributed by atoms with Crippen molar-refractivity contribution >= 4 is 27.4 Å². The molecule has 0 fully saturated rings. The maximum absolute atomic E-state index is 12.0. The largest absolute Gasteiger partial charge is 0.398 e. The maximum Gasteiger partial charge on any atom is 0.294 e. The van der Waals surface area contributed by atoms with Gasteiger partial charge < -0.3 is 11.1 Å². The maximum atomic E-state index is 12.0. The summed E-state index contributed by atoms with van der Waals surface area (Å²) in [6.07, 6.45) is 0. The molecule has 1 amide bonds. The Morgan fingerprint density at radius 3 is 2.38 bits per heavy atom. The Labute approximate surface area is 122 Å². The number of rotatable bonds is 3. The number of amides is 1. The van der Waals surface area contributed by atoms with Crippen LogP contribution < -0.4 is 11.1 Å². The lowest BCUT2D eigenvalue weighted by molar-refractivity contribution is 0.102. The van der Waals surface area contributed by atoms with Crippen molar-refractivity contribution in [1.82, 2.24) is 0 Å². The first-order valence-electron chi connectivity index (χ1n) is 6.03. The van der Waals surface area contributed by atoms with Gasteiger partial charge in [-0.05, 0) is 36.8 Å². The van der Waals surface area contributed by atoms with E-state index in [0.717, 1.165) is 0 Å². The van der Waals surface area contributed by atoms with E-state index in [1.807, 2.05) is 0 Å². The van der Waals surface area contributed by atoms with Crippen molar-refractivity contribution in [3.8, 4) is 0 Å². The minimum absolute atomic E-state index is 0.161. The van der Waals surface area contributed by atoms with E-state index in [0.29, 0.717) is 5.56 Å². The molecular weight excluding hydrogens is 292 g/mol. The number of nitrogens with two attached hydrogens (primary N) is 1. The van der Waals surface area contributed by atoms with Crippen LogP contribution >= 0.6 is 0 Å². The lowest BCUT2D eigenvalue weighted by Crippen LogP contribution is -2.13. The average Bonchev–Trinajstić information content (AvgIpc) is 2.42. The average molecular weight is 306 g/mol. The number of anilines is 2. The molecule has 0 atom stereocenters. The Hall–Kier alpha value is -2.38. The molecule has 0 aromatic heterocycles. The standard InChI is InChI=1S/C14H14N2O4S/c1-9-12(15)7-11(8-13(9)21(18,19)20)16-14(17)10-5-3-2-4-6-10/h2-8H,15H2,1H3,(H,16,17)(H,18,19,20). The first kappa shape index (κ1) is 15.0. The van der Waals surface area contributed by atoms with Crippen LogP contribution in [0, 0.1) is 6.92 Å². The highest BCUT2D eigenvalue weighted by molar-refractivity contribution is 7.85. The van der Waals surface area contributed by atoms with Gasteiger partial charge in [-0.25, -0.2) is 0 Å². The molecule has 0 radical (unpaired) electrons. The van der Waals surface area contributed by atoms with Crippen molar-refractivity contribution in [3.63, 3.8) is 0 Å². The Morgan fingerprint density at radius 2 is 1.81 bits per heavy atom. The van der Waals surface area contributed by atoms with Crippen molar-refractivity contribution in [2.45, 2.75) is 11.8 Å². The summed E-state index contributed by atoms with van der Waals surface area (Å²) in [6.45, 7) is 1.47. The van der Waals surface area contributed by atoms with Crippen LogP contribution in [0.3, 0.4) is 0 Å². The first-order chi connectivity index (χ1) is 9.79. The molecule has 110 valence electrons. The van der Waals surface area contributed by atoms with Crippen molar-refractivity contribution in [2.75, 3.05) is 11.1 Å². The summed E-state index contributed by atoms with van der Waals surface area (Å²) >= 11 is 0. The third-order valence-corrected chi connectivity index (χ3v) is 3.95. The van der Waals surface area contributed by atoms with E-state index in [4.69, 9.17) is 5.73 Å². The molecule has 2 aromatic rings. The Kier molecular flexibility index (Phi) is 3.97. The summed E-state index contributed by atoms with van der Waals surface area (Å²) in [5, 5.41) is 2.54. The SMILES string of the molecule is Cc1c(N)cc(NC(=O)c2ccccc2)cc1S(=O)(=O)O. The lowest BCUT2D eigenvalue weighted by Gasteiger charge is -2.11. The third-order valence-electron chi connectivity index (χ3n) is 2.97. The van der Waals surface area contributed by atoms with Crippen LogP contribution in [-0.4, -0.2) is 18.9 Å². The second-order valence-corrected chi connectivity index (χ2v) is 5.87. The molecule has 2 rings (SSSR count). The molecule has 2 aromatic carbocycles. The smallest absolute Gasteiger partial charge is 0.294 e. The van der Waals surface area contributed by atoms with E-state index in [1.165, 1.54) is 19.1 Å². The summed E-state index contributed by atoms with van der Waals surface area (Å²) in [6, 6.07) is 11.0. The van der Waals surface area contributed by atoms with E-state index >= 15 is 0 Å². The highest BCUT2D eigenvalue weighted by Crippen LogP contribution is 2.26. The molecule has 0 aliphatic heterocycles. The summed E-state index contributed by atoms with van der Waals surface area (Å²) in [5.74, 6) is -0.403. The van der Waals surface area contributed by atoms with Gasteiger partial charge in [0, 0.05) is 16.9 Å². The molecular formula is C14H14N2O4S. The zero-order chi connectivity index (χ0) is 15.6. The summed E-state index contributed by atoms with van der Waals surface area (Å²) in [5.41, 5.74) is 6.71. The van der Waals surface area contributed by atoms with Crippen molar-refractivity contribution < 1.29 is 17.8 Å². The van der Waals surface area contributed by atoms with E-state index in [-0.39, 0.29) is 21.8 Å². The van der Waals surface area contributed by atoms with E-state index in [1.54, 1.807) is 30.3 Å². The number of carbonyl (C=O) groups is 1. The van der Waals surface area contributed by atoms with Gasteiger partial charge in [0.05, 0.1) is 0 Å². The van der Waals surface area contributed by atoms with Gasteiger partial charge in [0.1, 0.15) is 4.90 Å². The second kappa shape index (κ2) is 5.55. The van der Waals surface area contributed by atoms with Crippen molar-refractivity contribution in [2.24, 2.45) is 0 Å². The molecule has 0 saturated heterocycles. The van der Waals surface area contributed by atoms with Gasteiger partial charge in [0.25, 0.3) is 16.0 Å². The first-order valence-corrected chi connectivity index (χ1v) is 7.47. The molecule has 0 aliphatic carbocycles. The quantitative estimate of drug-likeness (QED) is 0.594. The number of benzene rings is 2. The fraction of sp³-hybridized carbons (Fsp3) is 0.0714. The highest BCUT2D eigenvalue weighted by Gasteiger charge is 2.17.